The molecule has 0 bridgehead atoms. The normalized spacial score (nSPS) is 25.9. The van der Waals surface area contributed by atoms with Crippen LogP contribution in [0.25, 0.3) is 0 Å². The van der Waals surface area contributed by atoms with Gasteiger partial charge >= 0.3 is 0 Å². The minimum absolute atomic E-state index is 0.0264. The van der Waals surface area contributed by atoms with Crippen LogP contribution in [-0.4, -0.2) is 27.4 Å². The van der Waals surface area contributed by atoms with Crippen molar-refractivity contribution in [3.8, 4) is 6.07 Å². The first-order valence-electron chi connectivity index (χ1n) is 7.42. The van der Waals surface area contributed by atoms with Gasteiger partial charge in [0.1, 0.15) is 11.2 Å². The van der Waals surface area contributed by atoms with Gasteiger partial charge in [0.05, 0.1) is 22.8 Å². The van der Waals surface area contributed by atoms with E-state index in [2.05, 4.69) is 6.07 Å². The van der Waals surface area contributed by atoms with E-state index >= 15 is 0 Å². The molecule has 0 N–H and O–H groups in total. The second kappa shape index (κ2) is 6.00. The molecule has 2 aromatic carbocycles. The number of nitrogens with zero attached hydrogens (tertiary/aromatic N) is 1. The maximum atomic E-state index is 13.6. The Labute approximate surface area is 140 Å². The van der Waals surface area contributed by atoms with Crippen LogP contribution in [0, 0.1) is 22.6 Å². The number of methoxy groups -OCH3 is 1. The number of nitriles is 1. The average molecular weight is 345 g/mol. The zero-order chi connectivity index (χ0) is 17.4. The van der Waals surface area contributed by atoms with Gasteiger partial charge in [0.15, 0.2) is 9.84 Å². The van der Waals surface area contributed by atoms with Gasteiger partial charge in [-0.25, -0.2) is 12.8 Å². The Morgan fingerprint density at radius 3 is 2.50 bits per heavy atom. The predicted molar refractivity (Wildman–Crippen MR) is 86.5 cm³/mol. The van der Waals surface area contributed by atoms with Crippen molar-refractivity contribution in [1.82, 2.24) is 0 Å². The topological polar surface area (TPSA) is 67.2 Å². The maximum absolute atomic E-state index is 13.6. The van der Waals surface area contributed by atoms with E-state index in [0.29, 0.717) is 5.56 Å². The van der Waals surface area contributed by atoms with Gasteiger partial charge in [0.25, 0.3) is 0 Å². The van der Waals surface area contributed by atoms with Gasteiger partial charge in [-0.05, 0) is 29.8 Å². The fourth-order valence-electron chi connectivity index (χ4n) is 3.37. The molecule has 1 aliphatic rings. The van der Waals surface area contributed by atoms with E-state index in [4.69, 9.17) is 4.74 Å². The van der Waals surface area contributed by atoms with Crippen LogP contribution in [0.4, 0.5) is 4.39 Å². The maximum Gasteiger partial charge on any atom is 0.183 e. The molecular weight excluding hydrogens is 329 g/mol. The summed E-state index contributed by atoms with van der Waals surface area (Å²) in [4.78, 5) is 0.157. The summed E-state index contributed by atoms with van der Waals surface area (Å²) in [6.45, 7) is -0.0264. The van der Waals surface area contributed by atoms with E-state index in [1.165, 1.54) is 37.4 Å². The minimum atomic E-state index is -3.74. The van der Waals surface area contributed by atoms with E-state index in [-0.39, 0.29) is 11.5 Å². The van der Waals surface area contributed by atoms with E-state index in [9.17, 15) is 18.1 Å². The van der Waals surface area contributed by atoms with Gasteiger partial charge in [-0.3, -0.25) is 0 Å². The third-order valence-corrected chi connectivity index (χ3v) is 6.75. The molecule has 0 spiro atoms. The Morgan fingerprint density at radius 2 is 1.92 bits per heavy atom. The Hall–Kier alpha value is -2.23. The summed E-state index contributed by atoms with van der Waals surface area (Å²) in [6.07, 6.45) is 0. The molecule has 0 saturated heterocycles. The lowest BCUT2D eigenvalue weighted by atomic mass is 10.0. The summed E-state index contributed by atoms with van der Waals surface area (Å²) in [5, 5.41) is 8.72. The fourth-order valence-corrected chi connectivity index (χ4v) is 5.70. The van der Waals surface area contributed by atoms with Crippen LogP contribution in [0.5, 0.6) is 0 Å². The molecule has 124 valence electrons. The second-order valence-electron chi connectivity index (χ2n) is 5.90. The smallest absolute Gasteiger partial charge is 0.183 e. The highest BCUT2D eigenvalue weighted by atomic mass is 32.2. The van der Waals surface area contributed by atoms with E-state index < -0.39 is 32.2 Å². The monoisotopic (exact) mass is 345 g/mol. The van der Waals surface area contributed by atoms with Gasteiger partial charge in [-0.2, -0.15) is 5.26 Å². The first-order chi connectivity index (χ1) is 11.5. The largest absolute Gasteiger partial charge is 0.383 e. The van der Waals surface area contributed by atoms with Crippen LogP contribution in [0.1, 0.15) is 11.5 Å². The fraction of sp³-hybridized carbons (Fsp3) is 0.278. The van der Waals surface area contributed by atoms with Gasteiger partial charge in [-0.15, -0.1) is 0 Å². The standard InChI is InChI=1S/C18H16FNO3S/c1-23-12-18(11-20)16(13-6-5-7-14(19)10-13)17(18)24(21,22)15-8-3-2-4-9-15/h2-10,16-17H,12H2,1H3/t16-,17+,18-/m1/s1. The van der Waals surface area contributed by atoms with E-state index in [1.54, 1.807) is 24.3 Å². The highest BCUT2D eigenvalue weighted by molar-refractivity contribution is 7.92. The summed E-state index contributed by atoms with van der Waals surface area (Å²) < 4.78 is 44.7. The molecule has 0 unspecified atom stereocenters. The van der Waals surface area contributed by atoms with Crippen LogP contribution in [0.2, 0.25) is 0 Å². The highest BCUT2D eigenvalue weighted by Crippen LogP contribution is 2.63. The molecular formula is C18H16FNO3S. The van der Waals surface area contributed by atoms with Crippen molar-refractivity contribution in [2.45, 2.75) is 16.1 Å². The number of hydrogen-bond donors (Lipinski definition) is 0. The third kappa shape index (κ3) is 2.50. The lowest BCUT2D eigenvalue weighted by molar-refractivity contribution is 0.162. The Bertz CT molecular complexity index is 892. The van der Waals surface area contributed by atoms with Crippen molar-refractivity contribution < 1.29 is 17.5 Å². The predicted octanol–water partition coefficient (Wildman–Crippen LogP) is 2.92. The molecule has 24 heavy (non-hydrogen) atoms. The van der Waals surface area contributed by atoms with Crippen LogP contribution >= 0.6 is 0 Å². The molecule has 0 amide bonds. The third-order valence-electron chi connectivity index (χ3n) is 4.46. The number of rotatable bonds is 5. The molecule has 3 rings (SSSR count). The first kappa shape index (κ1) is 16.6. The molecule has 0 aromatic heterocycles. The summed E-state index contributed by atoms with van der Waals surface area (Å²) in [5.41, 5.74) is -0.713. The first-order valence-corrected chi connectivity index (χ1v) is 8.96. The summed E-state index contributed by atoms with van der Waals surface area (Å²) in [5.74, 6) is -1.08. The molecule has 0 radical (unpaired) electrons. The molecule has 4 nitrogen and oxygen atoms in total. The van der Waals surface area contributed by atoms with Crippen LogP contribution in [0.15, 0.2) is 59.5 Å². The molecule has 1 aliphatic carbocycles. The Morgan fingerprint density at radius 1 is 1.21 bits per heavy atom. The number of sulfone groups is 1. The number of halogens is 1. The Balaban J connectivity index is 2.10. The van der Waals surface area contributed by atoms with Crippen LogP contribution in [-0.2, 0) is 14.6 Å². The second-order valence-corrected chi connectivity index (χ2v) is 7.97. The Kier molecular flexibility index (Phi) is 4.16. The highest BCUT2D eigenvalue weighted by Gasteiger charge is 2.72. The SMILES string of the molecule is COC[C@]1(C#N)[C@H](c2cccc(F)c2)[C@@H]1S(=O)(=O)c1ccccc1. The molecule has 3 atom stereocenters. The average Bonchev–Trinajstić information content (AvgIpc) is 3.26. The minimum Gasteiger partial charge on any atom is -0.383 e. The molecule has 1 fully saturated rings. The quantitative estimate of drug-likeness (QED) is 0.836. The van der Waals surface area contributed by atoms with Crippen molar-refractivity contribution in [3.63, 3.8) is 0 Å². The molecule has 0 heterocycles. The van der Waals surface area contributed by atoms with Gasteiger partial charge in [0, 0.05) is 13.0 Å². The van der Waals surface area contributed by atoms with E-state index in [0.717, 1.165) is 0 Å². The van der Waals surface area contributed by atoms with Gasteiger partial charge in [0.2, 0.25) is 0 Å². The molecule has 1 saturated carbocycles. The van der Waals surface area contributed by atoms with Crippen molar-refractivity contribution in [3.05, 3.63) is 66.0 Å². The van der Waals surface area contributed by atoms with E-state index in [1.807, 2.05) is 0 Å². The molecule has 6 heteroatoms. The molecule has 0 aliphatic heterocycles. The van der Waals surface area contributed by atoms with Gasteiger partial charge in [-0.1, -0.05) is 30.3 Å². The van der Waals surface area contributed by atoms with Crippen molar-refractivity contribution in [2.24, 2.45) is 5.41 Å². The van der Waals surface area contributed by atoms with Crippen molar-refractivity contribution in [1.29, 1.82) is 5.26 Å². The van der Waals surface area contributed by atoms with Gasteiger partial charge < -0.3 is 4.74 Å². The summed E-state index contributed by atoms with van der Waals surface area (Å²) in [7, 11) is -2.32. The zero-order valence-corrected chi connectivity index (χ0v) is 13.8. The lowest BCUT2D eigenvalue weighted by Crippen LogP contribution is -2.19. The van der Waals surface area contributed by atoms with Crippen LogP contribution < -0.4 is 0 Å². The molecule has 2 aromatic rings. The number of ether oxygens (including phenoxy) is 1. The number of benzene rings is 2. The summed E-state index contributed by atoms with van der Waals surface area (Å²) >= 11 is 0. The summed E-state index contributed by atoms with van der Waals surface area (Å²) in [6, 6.07) is 15.9. The van der Waals surface area contributed by atoms with Crippen molar-refractivity contribution >= 4 is 9.84 Å². The number of hydrogen-bond acceptors (Lipinski definition) is 4. The van der Waals surface area contributed by atoms with Crippen molar-refractivity contribution in [2.75, 3.05) is 13.7 Å². The lowest BCUT2D eigenvalue weighted by Gasteiger charge is -2.08. The zero-order valence-electron chi connectivity index (χ0n) is 13.0. The van der Waals surface area contributed by atoms with Crippen LogP contribution in [0.3, 0.4) is 0 Å².